The predicted molar refractivity (Wildman–Crippen MR) is 74.9 cm³/mol. The van der Waals surface area contributed by atoms with E-state index in [0.717, 1.165) is 5.56 Å². The number of nitrogens with zero attached hydrogens (tertiary/aromatic N) is 2. The minimum Gasteiger partial charge on any atom is -0.256 e. The molecule has 0 fully saturated rings. The van der Waals surface area contributed by atoms with Crippen LogP contribution in [0.3, 0.4) is 0 Å². The first-order valence-corrected chi connectivity index (χ1v) is 5.93. The number of benzene rings is 2. The summed E-state index contributed by atoms with van der Waals surface area (Å²) in [4.78, 5) is 4.28. The Hall–Kier alpha value is -1.82. The minimum atomic E-state index is 0.550. The standard InChI is InChI=1S/C14H8Cl2N2/c15-12-5-13(16)7-14(6-12)18-9-11-3-1-10(8-17)2-4-11/h1-7,9H/b18-9+. The van der Waals surface area contributed by atoms with Crippen LogP contribution in [-0.2, 0) is 0 Å². The molecule has 0 saturated heterocycles. The van der Waals surface area contributed by atoms with Crippen molar-refractivity contribution in [1.82, 2.24) is 0 Å². The first-order chi connectivity index (χ1) is 8.67. The summed E-state index contributed by atoms with van der Waals surface area (Å²) in [5, 5.41) is 9.79. The largest absolute Gasteiger partial charge is 0.256 e. The molecule has 0 N–H and O–H groups in total. The highest BCUT2D eigenvalue weighted by Gasteiger charge is 1.96. The van der Waals surface area contributed by atoms with Gasteiger partial charge in [-0.1, -0.05) is 35.3 Å². The van der Waals surface area contributed by atoms with Gasteiger partial charge in [0.1, 0.15) is 0 Å². The van der Waals surface area contributed by atoms with Gasteiger partial charge in [0.2, 0.25) is 0 Å². The first-order valence-electron chi connectivity index (χ1n) is 5.18. The van der Waals surface area contributed by atoms with Crippen LogP contribution in [0.1, 0.15) is 11.1 Å². The molecule has 4 heteroatoms. The van der Waals surface area contributed by atoms with E-state index < -0.39 is 0 Å². The second kappa shape index (κ2) is 5.68. The van der Waals surface area contributed by atoms with E-state index in [0.29, 0.717) is 21.3 Å². The molecule has 2 nitrogen and oxygen atoms in total. The average molecular weight is 275 g/mol. The van der Waals surface area contributed by atoms with Gasteiger partial charge in [-0.2, -0.15) is 5.26 Å². The lowest BCUT2D eigenvalue weighted by atomic mass is 10.2. The van der Waals surface area contributed by atoms with Gasteiger partial charge in [0.25, 0.3) is 0 Å². The topological polar surface area (TPSA) is 36.1 Å². The van der Waals surface area contributed by atoms with Gasteiger partial charge in [0.05, 0.1) is 17.3 Å². The number of hydrogen-bond acceptors (Lipinski definition) is 2. The highest BCUT2D eigenvalue weighted by Crippen LogP contribution is 2.24. The molecule has 0 unspecified atom stereocenters. The monoisotopic (exact) mass is 274 g/mol. The third kappa shape index (κ3) is 3.33. The van der Waals surface area contributed by atoms with Crippen LogP contribution in [0, 0.1) is 11.3 Å². The summed E-state index contributed by atoms with van der Waals surface area (Å²) in [5.74, 6) is 0. The molecule has 0 spiro atoms. The normalized spacial score (nSPS) is 10.5. The fourth-order valence-corrected chi connectivity index (χ4v) is 1.92. The molecule has 2 aromatic rings. The Labute approximate surface area is 115 Å². The van der Waals surface area contributed by atoms with E-state index in [4.69, 9.17) is 28.5 Å². The quantitative estimate of drug-likeness (QED) is 0.737. The van der Waals surface area contributed by atoms with Crippen LogP contribution in [0.25, 0.3) is 0 Å². The summed E-state index contributed by atoms with van der Waals surface area (Å²) in [5.41, 5.74) is 2.22. The molecule has 0 aliphatic heterocycles. The Kier molecular flexibility index (Phi) is 3.99. The zero-order valence-corrected chi connectivity index (χ0v) is 10.8. The van der Waals surface area contributed by atoms with E-state index in [1.165, 1.54) is 0 Å². The van der Waals surface area contributed by atoms with Gasteiger partial charge in [0, 0.05) is 16.3 Å². The van der Waals surface area contributed by atoms with Crippen molar-refractivity contribution in [1.29, 1.82) is 5.26 Å². The second-order valence-electron chi connectivity index (χ2n) is 3.62. The first kappa shape index (κ1) is 12.6. The molecule has 88 valence electrons. The van der Waals surface area contributed by atoms with Crippen LogP contribution < -0.4 is 0 Å². The Morgan fingerprint density at radius 2 is 1.61 bits per heavy atom. The fraction of sp³-hybridized carbons (Fsp3) is 0. The van der Waals surface area contributed by atoms with Gasteiger partial charge < -0.3 is 0 Å². The molecule has 0 amide bonds. The van der Waals surface area contributed by atoms with Crippen molar-refractivity contribution in [3.05, 3.63) is 63.6 Å². The van der Waals surface area contributed by atoms with E-state index in [-0.39, 0.29) is 0 Å². The van der Waals surface area contributed by atoms with Crippen molar-refractivity contribution < 1.29 is 0 Å². The number of hydrogen-bond donors (Lipinski definition) is 0. The molecule has 0 bridgehead atoms. The summed E-state index contributed by atoms with van der Waals surface area (Å²) in [6, 6.07) is 14.3. The maximum atomic E-state index is 8.68. The molecule has 0 radical (unpaired) electrons. The maximum absolute atomic E-state index is 8.68. The van der Waals surface area contributed by atoms with Gasteiger partial charge in [-0.15, -0.1) is 0 Å². The number of nitriles is 1. The van der Waals surface area contributed by atoms with Crippen LogP contribution >= 0.6 is 23.2 Å². The Morgan fingerprint density at radius 3 is 2.17 bits per heavy atom. The summed E-state index contributed by atoms with van der Waals surface area (Å²) in [7, 11) is 0. The molecule has 2 rings (SSSR count). The summed E-state index contributed by atoms with van der Waals surface area (Å²) >= 11 is 11.8. The van der Waals surface area contributed by atoms with Crippen molar-refractivity contribution >= 4 is 35.1 Å². The zero-order valence-electron chi connectivity index (χ0n) is 9.27. The van der Waals surface area contributed by atoms with Gasteiger partial charge in [-0.05, 0) is 35.9 Å². The Balaban J connectivity index is 2.21. The van der Waals surface area contributed by atoms with Gasteiger partial charge in [-0.25, -0.2) is 0 Å². The van der Waals surface area contributed by atoms with Crippen LogP contribution in [0.5, 0.6) is 0 Å². The molecular weight excluding hydrogens is 267 g/mol. The summed E-state index contributed by atoms with van der Waals surface area (Å²) < 4.78 is 0. The van der Waals surface area contributed by atoms with Crippen LogP contribution in [0.2, 0.25) is 10.0 Å². The third-order valence-electron chi connectivity index (χ3n) is 2.25. The van der Waals surface area contributed by atoms with Crippen LogP contribution in [0.15, 0.2) is 47.5 Å². The van der Waals surface area contributed by atoms with E-state index in [1.807, 2.05) is 12.1 Å². The van der Waals surface area contributed by atoms with Crippen LogP contribution in [0.4, 0.5) is 5.69 Å². The molecule has 0 heterocycles. The molecule has 0 aliphatic rings. The smallest absolute Gasteiger partial charge is 0.0991 e. The molecule has 0 aromatic heterocycles. The fourth-order valence-electron chi connectivity index (χ4n) is 1.41. The lowest BCUT2D eigenvalue weighted by Gasteiger charge is -1.97. The average Bonchev–Trinajstić information content (AvgIpc) is 2.36. The van der Waals surface area contributed by atoms with Gasteiger partial charge in [-0.3, -0.25) is 4.99 Å². The van der Waals surface area contributed by atoms with Crippen molar-refractivity contribution in [2.75, 3.05) is 0 Å². The summed E-state index contributed by atoms with van der Waals surface area (Å²) in [6.45, 7) is 0. The Morgan fingerprint density at radius 1 is 1.00 bits per heavy atom. The van der Waals surface area contributed by atoms with E-state index >= 15 is 0 Å². The van der Waals surface area contributed by atoms with Gasteiger partial charge >= 0.3 is 0 Å². The molecule has 0 atom stereocenters. The van der Waals surface area contributed by atoms with Crippen molar-refractivity contribution in [2.24, 2.45) is 4.99 Å². The molecule has 0 aliphatic carbocycles. The minimum absolute atomic E-state index is 0.550. The molecule has 0 saturated carbocycles. The lowest BCUT2D eigenvalue weighted by Crippen LogP contribution is -1.81. The third-order valence-corrected chi connectivity index (χ3v) is 2.69. The van der Waals surface area contributed by atoms with Crippen molar-refractivity contribution in [3.8, 4) is 6.07 Å². The predicted octanol–water partition coefficient (Wildman–Crippen LogP) is 4.62. The molecule has 2 aromatic carbocycles. The van der Waals surface area contributed by atoms with Crippen LogP contribution in [-0.4, -0.2) is 6.21 Å². The molecular formula is C14H8Cl2N2. The zero-order chi connectivity index (χ0) is 13.0. The van der Waals surface area contributed by atoms with Crippen molar-refractivity contribution in [3.63, 3.8) is 0 Å². The van der Waals surface area contributed by atoms with E-state index in [2.05, 4.69) is 11.1 Å². The van der Waals surface area contributed by atoms with Crippen molar-refractivity contribution in [2.45, 2.75) is 0 Å². The lowest BCUT2D eigenvalue weighted by molar-refractivity contribution is 1.48. The summed E-state index contributed by atoms with van der Waals surface area (Å²) in [6.07, 6.45) is 1.70. The number of aliphatic imine (C=N–C) groups is 1. The van der Waals surface area contributed by atoms with E-state index in [9.17, 15) is 0 Å². The number of halogens is 2. The highest BCUT2D eigenvalue weighted by molar-refractivity contribution is 6.35. The second-order valence-corrected chi connectivity index (χ2v) is 4.49. The van der Waals surface area contributed by atoms with Gasteiger partial charge in [0.15, 0.2) is 0 Å². The Bertz CT molecular complexity index is 605. The number of rotatable bonds is 2. The molecule has 18 heavy (non-hydrogen) atoms. The SMILES string of the molecule is N#Cc1ccc(/C=N/c2cc(Cl)cc(Cl)c2)cc1. The maximum Gasteiger partial charge on any atom is 0.0991 e. The van der Waals surface area contributed by atoms with E-state index in [1.54, 1.807) is 36.5 Å². The highest BCUT2D eigenvalue weighted by atomic mass is 35.5.